The highest BCUT2D eigenvalue weighted by Gasteiger charge is 2.35. The number of hydrogen-bond acceptors (Lipinski definition) is 3. The van der Waals surface area contributed by atoms with Crippen LogP contribution in [0.5, 0.6) is 5.75 Å². The number of rotatable bonds is 6. The first-order valence-electron chi connectivity index (χ1n) is 9.50. The molecule has 0 aromatic heterocycles. The van der Waals surface area contributed by atoms with Crippen LogP contribution >= 0.6 is 0 Å². The molecule has 0 amide bonds. The normalized spacial score (nSPS) is 17.5. The fraction of sp³-hybridized carbons (Fsp3) is 0.217. The van der Waals surface area contributed by atoms with Crippen LogP contribution in [0.2, 0.25) is 0 Å². The third-order valence-electron chi connectivity index (χ3n) is 5.08. The van der Waals surface area contributed by atoms with Crippen LogP contribution in [-0.4, -0.2) is 31.9 Å². The number of sulfonamides is 1. The van der Waals surface area contributed by atoms with Crippen molar-refractivity contribution in [1.29, 1.82) is 0 Å². The second-order valence-corrected chi connectivity index (χ2v) is 8.82. The Hall–Kier alpha value is -2.63. The summed E-state index contributed by atoms with van der Waals surface area (Å²) in [6.45, 7) is 0.898. The monoisotopic (exact) mass is 393 g/mol. The van der Waals surface area contributed by atoms with Gasteiger partial charge in [0.2, 0.25) is 10.0 Å². The van der Waals surface area contributed by atoms with E-state index in [-0.39, 0.29) is 6.04 Å². The second-order valence-electron chi connectivity index (χ2n) is 6.93. The van der Waals surface area contributed by atoms with E-state index in [0.29, 0.717) is 18.0 Å². The van der Waals surface area contributed by atoms with E-state index < -0.39 is 10.0 Å². The summed E-state index contributed by atoms with van der Waals surface area (Å²) in [6.07, 6.45) is 1.67. The highest BCUT2D eigenvalue weighted by Crippen LogP contribution is 2.27. The summed E-state index contributed by atoms with van der Waals surface area (Å²) in [4.78, 5) is 0.342. The summed E-state index contributed by atoms with van der Waals surface area (Å²) in [5, 5.41) is 0. The molecular weight excluding hydrogens is 370 g/mol. The molecule has 1 atom stereocenters. The maximum absolute atomic E-state index is 12.9. The number of hydrogen-bond donors (Lipinski definition) is 0. The predicted molar refractivity (Wildman–Crippen MR) is 111 cm³/mol. The van der Waals surface area contributed by atoms with Gasteiger partial charge in [-0.25, -0.2) is 8.42 Å². The van der Waals surface area contributed by atoms with Crippen LogP contribution in [0.4, 0.5) is 0 Å². The summed E-state index contributed by atoms with van der Waals surface area (Å²) < 4.78 is 33.4. The van der Waals surface area contributed by atoms with Crippen molar-refractivity contribution >= 4 is 10.0 Å². The molecule has 0 aliphatic carbocycles. The molecule has 4 rings (SSSR count). The van der Waals surface area contributed by atoms with Crippen molar-refractivity contribution in [3.05, 3.63) is 84.9 Å². The maximum Gasteiger partial charge on any atom is 0.243 e. The van der Waals surface area contributed by atoms with Crippen molar-refractivity contribution in [3.63, 3.8) is 0 Å². The first kappa shape index (κ1) is 18.7. The SMILES string of the molecule is O=S(=O)(c1ccccc1)N1CCC[C@H]1COc1ccc(-c2ccccc2)cc1. The fourth-order valence-corrected chi connectivity index (χ4v) is 5.29. The molecule has 0 spiro atoms. The van der Waals surface area contributed by atoms with E-state index in [1.165, 1.54) is 0 Å². The lowest BCUT2D eigenvalue weighted by Gasteiger charge is -2.24. The van der Waals surface area contributed by atoms with Crippen molar-refractivity contribution in [1.82, 2.24) is 4.31 Å². The summed E-state index contributed by atoms with van der Waals surface area (Å²) in [5.41, 5.74) is 2.28. The molecule has 3 aromatic rings. The van der Waals surface area contributed by atoms with Gasteiger partial charge < -0.3 is 4.74 Å². The van der Waals surface area contributed by atoms with Gasteiger partial charge in [-0.2, -0.15) is 4.31 Å². The Morgan fingerprint density at radius 3 is 2.11 bits per heavy atom. The van der Waals surface area contributed by atoms with E-state index in [9.17, 15) is 8.42 Å². The van der Waals surface area contributed by atoms with Crippen molar-refractivity contribution < 1.29 is 13.2 Å². The standard InChI is InChI=1S/C23H23NO3S/c25-28(26,23-11-5-2-6-12-23)24-17-7-10-21(24)18-27-22-15-13-20(14-16-22)19-8-3-1-4-9-19/h1-6,8-9,11-16,21H,7,10,17-18H2/t21-/m0/s1. The Labute approximate surface area is 166 Å². The highest BCUT2D eigenvalue weighted by atomic mass is 32.2. The molecule has 4 nitrogen and oxygen atoms in total. The lowest BCUT2D eigenvalue weighted by atomic mass is 10.1. The minimum absolute atomic E-state index is 0.140. The van der Waals surface area contributed by atoms with Gasteiger partial charge in [0.15, 0.2) is 0 Å². The Kier molecular flexibility index (Phi) is 5.46. The number of nitrogens with zero attached hydrogens (tertiary/aromatic N) is 1. The smallest absolute Gasteiger partial charge is 0.243 e. The first-order chi connectivity index (χ1) is 13.6. The molecule has 1 aliphatic heterocycles. The Morgan fingerprint density at radius 2 is 1.43 bits per heavy atom. The number of benzene rings is 3. The van der Waals surface area contributed by atoms with E-state index in [4.69, 9.17) is 4.74 Å². The second kappa shape index (κ2) is 8.17. The van der Waals surface area contributed by atoms with Crippen LogP contribution in [0, 0.1) is 0 Å². The van der Waals surface area contributed by atoms with E-state index >= 15 is 0 Å². The lowest BCUT2D eigenvalue weighted by molar-refractivity contribution is 0.232. The van der Waals surface area contributed by atoms with Crippen LogP contribution in [0.1, 0.15) is 12.8 Å². The van der Waals surface area contributed by atoms with Gasteiger partial charge >= 0.3 is 0 Å². The van der Waals surface area contributed by atoms with Crippen LogP contribution in [0.15, 0.2) is 89.8 Å². The van der Waals surface area contributed by atoms with Crippen molar-refractivity contribution in [2.24, 2.45) is 0 Å². The third kappa shape index (κ3) is 3.96. The maximum atomic E-state index is 12.9. The van der Waals surface area contributed by atoms with Crippen LogP contribution in [0.25, 0.3) is 11.1 Å². The quantitative estimate of drug-likeness (QED) is 0.616. The van der Waals surface area contributed by atoms with E-state index in [1.54, 1.807) is 28.6 Å². The van der Waals surface area contributed by atoms with Crippen LogP contribution < -0.4 is 4.74 Å². The van der Waals surface area contributed by atoms with Gasteiger partial charge in [-0.3, -0.25) is 0 Å². The fourth-order valence-electron chi connectivity index (χ4n) is 3.59. The lowest BCUT2D eigenvalue weighted by Crippen LogP contribution is -2.39. The summed E-state index contributed by atoms with van der Waals surface area (Å²) in [6, 6.07) is 26.6. The van der Waals surface area contributed by atoms with E-state index in [1.807, 2.05) is 48.5 Å². The van der Waals surface area contributed by atoms with Gasteiger partial charge in [0.05, 0.1) is 10.9 Å². The zero-order chi connectivity index (χ0) is 19.4. The highest BCUT2D eigenvalue weighted by molar-refractivity contribution is 7.89. The van der Waals surface area contributed by atoms with Crippen molar-refractivity contribution in [2.75, 3.05) is 13.2 Å². The van der Waals surface area contributed by atoms with E-state index in [0.717, 1.165) is 29.7 Å². The minimum Gasteiger partial charge on any atom is -0.492 e. The molecule has 28 heavy (non-hydrogen) atoms. The van der Waals surface area contributed by atoms with E-state index in [2.05, 4.69) is 12.1 Å². The largest absolute Gasteiger partial charge is 0.492 e. The molecule has 1 aliphatic rings. The van der Waals surface area contributed by atoms with Gasteiger partial charge in [0.25, 0.3) is 0 Å². The molecule has 1 saturated heterocycles. The molecule has 144 valence electrons. The molecule has 0 saturated carbocycles. The molecular formula is C23H23NO3S. The van der Waals surface area contributed by atoms with Gasteiger partial charge in [-0.05, 0) is 48.2 Å². The van der Waals surface area contributed by atoms with Gasteiger partial charge in [0.1, 0.15) is 12.4 Å². The predicted octanol–water partition coefficient (Wildman–Crippen LogP) is 4.59. The molecule has 0 unspecified atom stereocenters. The average molecular weight is 394 g/mol. The molecule has 0 N–H and O–H groups in total. The van der Waals surface area contributed by atoms with Crippen LogP contribution in [-0.2, 0) is 10.0 Å². The zero-order valence-electron chi connectivity index (χ0n) is 15.6. The summed E-state index contributed by atoms with van der Waals surface area (Å²) in [7, 11) is -3.48. The first-order valence-corrected chi connectivity index (χ1v) is 10.9. The van der Waals surface area contributed by atoms with Crippen molar-refractivity contribution in [2.45, 2.75) is 23.8 Å². The molecule has 0 bridgehead atoms. The molecule has 0 radical (unpaired) electrons. The third-order valence-corrected chi connectivity index (χ3v) is 7.04. The Bertz CT molecular complexity index is 1000. The zero-order valence-corrected chi connectivity index (χ0v) is 16.4. The Morgan fingerprint density at radius 1 is 0.821 bits per heavy atom. The van der Waals surface area contributed by atoms with Crippen LogP contribution in [0.3, 0.4) is 0 Å². The molecule has 5 heteroatoms. The minimum atomic E-state index is -3.48. The van der Waals surface area contributed by atoms with Gasteiger partial charge in [-0.15, -0.1) is 0 Å². The topological polar surface area (TPSA) is 46.6 Å². The number of ether oxygens (including phenoxy) is 1. The summed E-state index contributed by atoms with van der Waals surface area (Å²) in [5.74, 6) is 0.753. The average Bonchev–Trinajstić information content (AvgIpc) is 3.23. The molecule has 1 fully saturated rings. The molecule has 1 heterocycles. The molecule has 3 aromatic carbocycles. The Balaban J connectivity index is 1.43. The van der Waals surface area contributed by atoms with Gasteiger partial charge in [0, 0.05) is 6.54 Å². The van der Waals surface area contributed by atoms with Gasteiger partial charge in [-0.1, -0.05) is 60.7 Å². The van der Waals surface area contributed by atoms with Crippen molar-refractivity contribution in [3.8, 4) is 16.9 Å². The summed E-state index contributed by atoms with van der Waals surface area (Å²) >= 11 is 0.